The average Bonchev–Trinajstić information content (AvgIpc) is 2.84. The maximum Gasteiger partial charge on any atom is 0.255 e. The van der Waals surface area contributed by atoms with Gasteiger partial charge in [-0.2, -0.15) is 0 Å². The lowest BCUT2D eigenvalue weighted by molar-refractivity contribution is 0.0688. The number of anilines is 1. The molecule has 1 fully saturated rings. The van der Waals surface area contributed by atoms with Crippen molar-refractivity contribution in [1.82, 2.24) is 10.2 Å². The number of nitrogens with one attached hydrogen (secondary N) is 1. The predicted molar refractivity (Wildman–Crippen MR) is 129 cm³/mol. The Bertz CT molecular complexity index is 1010. The number of benzene rings is 2. The van der Waals surface area contributed by atoms with Crippen molar-refractivity contribution in [2.45, 2.75) is 20.3 Å². The number of carbonyl (C=O) groups is 2. The van der Waals surface area contributed by atoms with Gasteiger partial charge in [0.2, 0.25) is 0 Å². The van der Waals surface area contributed by atoms with Crippen molar-refractivity contribution in [3.63, 3.8) is 0 Å². The lowest BCUT2D eigenvalue weighted by atomic mass is 9.82. The minimum atomic E-state index is -0.572. The van der Waals surface area contributed by atoms with Crippen molar-refractivity contribution in [3.8, 4) is 11.5 Å². The van der Waals surface area contributed by atoms with Crippen LogP contribution in [-0.2, 0) is 0 Å². The zero-order chi connectivity index (χ0) is 23.4. The summed E-state index contributed by atoms with van der Waals surface area (Å²) in [5.74, 6) is 1.14. The molecule has 2 aliphatic rings. The Balaban J connectivity index is 1.24. The first-order chi connectivity index (χ1) is 15.9. The molecular formula is C26H33N3O4. The molecule has 2 aromatic rings. The van der Waals surface area contributed by atoms with Crippen LogP contribution in [0.3, 0.4) is 0 Å². The van der Waals surface area contributed by atoms with Gasteiger partial charge in [0.1, 0.15) is 18.1 Å². The molecular weight excluding hydrogens is 418 g/mol. The van der Waals surface area contributed by atoms with Crippen LogP contribution >= 0.6 is 0 Å². The Morgan fingerprint density at radius 3 is 2.61 bits per heavy atom. The van der Waals surface area contributed by atoms with Crippen LogP contribution in [0, 0.1) is 5.41 Å². The summed E-state index contributed by atoms with van der Waals surface area (Å²) in [4.78, 5) is 30.2. The molecule has 0 unspecified atom stereocenters. The van der Waals surface area contributed by atoms with Gasteiger partial charge in [0.25, 0.3) is 5.91 Å². The number of piperazine rings is 1. The second kappa shape index (κ2) is 9.83. The number of methoxy groups -OCH3 is 1. The van der Waals surface area contributed by atoms with Crippen LogP contribution in [0.4, 0.5) is 5.69 Å². The van der Waals surface area contributed by atoms with E-state index in [-0.39, 0.29) is 18.3 Å². The van der Waals surface area contributed by atoms with E-state index in [1.54, 1.807) is 25.3 Å². The number of Topliss-reactive ketones (excluding diaryl/α,β-unsaturated/α-hetero) is 1. The first-order valence-electron chi connectivity index (χ1n) is 11.6. The molecule has 2 heterocycles. The van der Waals surface area contributed by atoms with Crippen LogP contribution in [-0.4, -0.2) is 69.6 Å². The number of hydrogen-bond acceptors (Lipinski definition) is 6. The number of nitrogens with zero attached hydrogens (tertiary/aromatic N) is 2. The highest BCUT2D eigenvalue weighted by atomic mass is 16.5. The third kappa shape index (κ3) is 4.98. The Hall–Kier alpha value is -3.06. The van der Waals surface area contributed by atoms with Crippen LogP contribution in [0.5, 0.6) is 11.5 Å². The monoisotopic (exact) mass is 451 g/mol. The zero-order valence-corrected chi connectivity index (χ0v) is 19.7. The first kappa shape index (κ1) is 23.1. The SMILES string of the molecule is COc1ccccc1N1CCN(CCCNC(=O)c2cccc3c2OCC(C)(C)C3=O)CC1. The van der Waals surface area contributed by atoms with E-state index in [1.807, 2.05) is 32.0 Å². The number of ether oxygens (including phenoxy) is 2. The molecule has 0 aliphatic carbocycles. The lowest BCUT2D eigenvalue weighted by Gasteiger charge is -2.36. The molecule has 0 atom stereocenters. The van der Waals surface area contributed by atoms with Crippen LogP contribution in [0.25, 0.3) is 0 Å². The van der Waals surface area contributed by atoms with Gasteiger partial charge in [-0.25, -0.2) is 0 Å². The fraction of sp³-hybridized carbons (Fsp3) is 0.462. The van der Waals surface area contributed by atoms with E-state index in [2.05, 4.69) is 21.2 Å². The maximum absolute atomic E-state index is 12.8. The van der Waals surface area contributed by atoms with E-state index in [0.717, 1.165) is 50.6 Å². The van der Waals surface area contributed by atoms with Gasteiger partial charge >= 0.3 is 0 Å². The maximum atomic E-state index is 12.8. The van der Waals surface area contributed by atoms with Gasteiger partial charge in [0.05, 0.1) is 29.3 Å². The molecule has 7 nitrogen and oxygen atoms in total. The second-order valence-corrected chi connectivity index (χ2v) is 9.29. The molecule has 0 bridgehead atoms. The van der Waals surface area contributed by atoms with Crippen molar-refractivity contribution < 1.29 is 19.1 Å². The fourth-order valence-corrected chi connectivity index (χ4v) is 4.44. The number of amides is 1. The molecule has 0 aromatic heterocycles. The van der Waals surface area contributed by atoms with Gasteiger partial charge in [-0.05, 0) is 51.1 Å². The first-order valence-corrected chi connectivity index (χ1v) is 11.6. The predicted octanol–water partition coefficient (Wildman–Crippen LogP) is 3.24. The second-order valence-electron chi connectivity index (χ2n) is 9.29. The highest BCUT2D eigenvalue weighted by Crippen LogP contribution is 2.36. The lowest BCUT2D eigenvalue weighted by Crippen LogP contribution is -2.47. The normalized spacial score (nSPS) is 17.8. The number of para-hydroxylation sites is 3. The number of hydrogen-bond donors (Lipinski definition) is 1. The van der Waals surface area contributed by atoms with E-state index < -0.39 is 5.41 Å². The molecule has 2 aromatic carbocycles. The van der Waals surface area contributed by atoms with Crippen molar-refractivity contribution in [3.05, 3.63) is 53.6 Å². The van der Waals surface area contributed by atoms with Crippen molar-refractivity contribution in [2.24, 2.45) is 5.41 Å². The number of ketones is 1. The minimum Gasteiger partial charge on any atom is -0.495 e. The van der Waals surface area contributed by atoms with E-state index in [1.165, 1.54) is 0 Å². The van der Waals surface area contributed by atoms with Crippen LogP contribution in [0.1, 0.15) is 41.0 Å². The summed E-state index contributed by atoms with van der Waals surface area (Å²) >= 11 is 0. The van der Waals surface area contributed by atoms with Crippen molar-refractivity contribution >= 4 is 17.4 Å². The van der Waals surface area contributed by atoms with Gasteiger partial charge < -0.3 is 19.7 Å². The largest absolute Gasteiger partial charge is 0.495 e. The van der Waals surface area contributed by atoms with Gasteiger partial charge in [-0.3, -0.25) is 14.5 Å². The number of carbonyl (C=O) groups excluding carboxylic acids is 2. The third-order valence-corrected chi connectivity index (χ3v) is 6.43. The summed E-state index contributed by atoms with van der Waals surface area (Å²) in [5, 5.41) is 2.99. The Labute approximate surface area is 195 Å². The minimum absolute atomic E-state index is 0.0191. The standard InChI is InChI=1S/C26H33N3O4/c1-26(2)18-33-23-19(24(26)30)8-6-9-20(23)25(31)27-12-7-13-28-14-16-29(17-15-28)21-10-4-5-11-22(21)32-3/h4-6,8-11H,7,12-18H2,1-3H3,(H,27,31). The fourth-order valence-electron chi connectivity index (χ4n) is 4.44. The molecule has 1 amide bonds. The molecule has 2 aliphatic heterocycles. The highest BCUT2D eigenvalue weighted by Gasteiger charge is 2.37. The van der Waals surface area contributed by atoms with Gasteiger partial charge in [0, 0.05) is 32.7 Å². The molecule has 7 heteroatoms. The Morgan fingerprint density at radius 2 is 1.85 bits per heavy atom. The van der Waals surface area contributed by atoms with E-state index >= 15 is 0 Å². The molecule has 4 rings (SSSR count). The van der Waals surface area contributed by atoms with Crippen molar-refractivity contribution in [1.29, 1.82) is 0 Å². The Morgan fingerprint density at radius 1 is 1.09 bits per heavy atom. The summed E-state index contributed by atoms with van der Waals surface area (Å²) in [6.45, 7) is 9.36. The third-order valence-electron chi connectivity index (χ3n) is 6.43. The van der Waals surface area contributed by atoms with E-state index in [9.17, 15) is 9.59 Å². The van der Waals surface area contributed by atoms with Crippen molar-refractivity contribution in [2.75, 3.05) is 57.9 Å². The van der Waals surface area contributed by atoms with Crippen LogP contribution in [0.15, 0.2) is 42.5 Å². The van der Waals surface area contributed by atoms with Gasteiger partial charge in [-0.15, -0.1) is 0 Å². The Kier molecular flexibility index (Phi) is 6.88. The summed E-state index contributed by atoms with van der Waals surface area (Å²) in [6, 6.07) is 13.3. The number of rotatable bonds is 7. The average molecular weight is 452 g/mol. The summed E-state index contributed by atoms with van der Waals surface area (Å²) in [5.41, 5.74) is 1.49. The molecule has 0 radical (unpaired) electrons. The summed E-state index contributed by atoms with van der Waals surface area (Å²) < 4.78 is 11.3. The molecule has 0 saturated carbocycles. The van der Waals surface area contributed by atoms with Crippen LogP contribution < -0.4 is 19.7 Å². The topological polar surface area (TPSA) is 71.1 Å². The molecule has 1 N–H and O–H groups in total. The van der Waals surface area contributed by atoms with E-state index in [4.69, 9.17) is 9.47 Å². The van der Waals surface area contributed by atoms with Crippen LogP contribution in [0.2, 0.25) is 0 Å². The summed E-state index contributed by atoms with van der Waals surface area (Å²) in [7, 11) is 1.71. The smallest absolute Gasteiger partial charge is 0.255 e. The van der Waals surface area contributed by atoms with Gasteiger partial charge in [0.15, 0.2) is 5.78 Å². The summed E-state index contributed by atoms with van der Waals surface area (Å²) in [6.07, 6.45) is 0.863. The van der Waals surface area contributed by atoms with Gasteiger partial charge in [-0.1, -0.05) is 18.2 Å². The zero-order valence-electron chi connectivity index (χ0n) is 19.7. The molecule has 33 heavy (non-hydrogen) atoms. The molecule has 1 saturated heterocycles. The highest BCUT2D eigenvalue weighted by molar-refractivity contribution is 6.07. The number of fused-ring (bicyclic) bond motifs is 1. The molecule has 0 spiro atoms. The quantitative estimate of drug-likeness (QED) is 0.652. The molecule has 176 valence electrons. The van der Waals surface area contributed by atoms with E-state index in [0.29, 0.717) is 23.4 Å².